The van der Waals surface area contributed by atoms with E-state index in [9.17, 15) is 14.4 Å². The third kappa shape index (κ3) is 3.03. The van der Waals surface area contributed by atoms with Crippen molar-refractivity contribution >= 4 is 23.5 Å². The lowest BCUT2D eigenvalue weighted by Crippen LogP contribution is -2.48. The Labute approximate surface area is 174 Å². The van der Waals surface area contributed by atoms with E-state index in [4.69, 9.17) is 4.98 Å². The number of likely N-dealkylation sites (tertiary alicyclic amines) is 1. The Hall–Kier alpha value is -3.29. The predicted octanol–water partition coefficient (Wildman–Crippen LogP) is 1.96. The first-order valence-corrected chi connectivity index (χ1v) is 10.3. The third-order valence-electron chi connectivity index (χ3n) is 6.44. The number of hydrogen-bond donors (Lipinski definition) is 1. The molecular formula is C22H23N5O3. The summed E-state index contributed by atoms with van der Waals surface area (Å²) in [6.45, 7) is 3.31. The van der Waals surface area contributed by atoms with Crippen molar-refractivity contribution in [3.63, 3.8) is 0 Å². The number of hydrogen-bond acceptors (Lipinski definition) is 5. The van der Waals surface area contributed by atoms with Gasteiger partial charge in [0.05, 0.1) is 5.69 Å². The van der Waals surface area contributed by atoms with E-state index in [1.54, 1.807) is 24.3 Å². The SMILES string of the molecule is Cc1ncc2c(n1)C1(CCCN(C(=O)c3ccc(N4CC(=O)NC4=O)cc3)C1)CC2. The minimum absolute atomic E-state index is 0.00144. The number of aromatic nitrogens is 2. The number of nitrogens with one attached hydrogen (secondary N) is 1. The van der Waals surface area contributed by atoms with Crippen LogP contribution in [0.4, 0.5) is 10.5 Å². The summed E-state index contributed by atoms with van der Waals surface area (Å²) in [6, 6.07) is 6.45. The van der Waals surface area contributed by atoms with Gasteiger partial charge in [0.1, 0.15) is 12.4 Å². The molecule has 0 saturated carbocycles. The second-order valence-corrected chi connectivity index (χ2v) is 8.39. The Kier molecular flexibility index (Phi) is 4.30. The van der Waals surface area contributed by atoms with Gasteiger partial charge in [-0.2, -0.15) is 0 Å². The van der Waals surface area contributed by atoms with Gasteiger partial charge in [0.15, 0.2) is 0 Å². The highest BCUT2D eigenvalue weighted by Crippen LogP contribution is 2.44. The zero-order chi connectivity index (χ0) is 20.9. The monoisotopic (exact) mass is 405 g/mol. The minimum Gasteiger partial charge on any atom is -0.338 e. The molecule has 4 amide bonds. The molecule has 1 aromatic carbocycles. The topological polar surface area (TPSA) is 95.5 Å². The molecule has 2 fully saturated rings. The van der Waals surface area contributed by atoms with Gasteiger partial charge in [0, 0.05) is 36.0 Å². The normalized spacial score (nSPS) is 23.1. The predicted molar refractivity (Wildman–Crippen MR) is 109 cm³/mol. The van der Waals surface area contributed by atoms with Crippen molar-refractivity contribution < 1.29 is 14.4 Å². The quantitative estimate of drug-likeness (QED) is 0.771. The molecule has 3 aliphatic rings. The fraction of sp³-hybridized carbons (Fsp3) is 0.409. The molecule has 5 rings (SSSR count). The molecule has 3 heterocycles. The highest BCUT2D eigenvalue weighted by atomic mass is 16.2. The van der Waals surface area contributed by atoms with Crippen LogP contribution in [0.1, 0.15) is 46.7 Å². The van der Waals surface area contributed by atoms with Crippen molar-refractivity contribution in [1.29, 1.82) is 0 Å². The van der Waals surface area contributed by atoms with Crippen LogP contribution in [0.2, 0.25) is 0 Å². The first kappa shape index (κ1) is 18.7. The van der Waals surface area contributed by atoms with Crippen LogP contribution in [0.25, 0.3) is 0 Å². The van der Waals surface area contributed by atoms with Gasteiger partial charge in [-0.05, 0) is 62.4 Å². The van der Waals surface area contributed by atoms with Crippen molar-refractivity contribution in [2.75, 3.05) is 24.5 Å². The van der Waals surface area contributed by atoms with E-state index < -0.39 is 6.03 Å². The smallest absolute Gasteiger partial charge is 0.329 e. The lowest BCUT2D eigenvalue weighted by molar-refractivity contribution is -0.117. The molecule has 1 aromatic heterocycles. The number of carbonyl (C=O) groups excluding carboxylic acids is 3. The average molecular weight is 405 g/mol. The zero-order valence-corrected chi connectivity index (χ0v) is 16.9. The fourth-order valence-corrected chi connectivity index (χ4v) is 4.95. The van der Waals surface area contributed by atoms with Crippen LogP contribution >= 0.6 is 0 Å². The molecule has 1 aliphatic carbocycles. The van der Waals surface area contributed by atoms with Gasteiger partial charge in [-0.25, -0.2) is 14.8 Å². The highest BCUT2D eigenvalue weighted by molar-refractivity contribution is 6.12. The van der Waals surface area contributed by atoms with Crippen LogP contribution < -0.4 is 10.2 Å². The van der Waals surface area contributed by atoms with Crippen LogP contribution in [-0.4, -0.2) is 52.3 Å². The van der Waals surface area contributed by atoms with Crippen molar-refractivity contribution in [3.05, 3.63) is 53.1 Å². The van der Waals surface area contributed by atoms with Crippen LogP contribution in [0.5, 0.6) is 0 Å². The number of aryl methyl sites for hydroxylation is 2. The summed E-state index contributed by atoms with van der Waals surface area (Å²) in [5.41, 5.74) is 3.43. The van der Waals surface area contributed by atoms with Crippen LogP contribution in [0, 0.1) is 6.92 Å². The van der Waals surface area contributed by atoms with Gasteiger partial charge in [0.25, 0.3) is 5.91 Å². The molecular weight excluding hydrogens is 382 g/mol. The lowest BCUT2D eigenvalue weighted by atomic mass is 9.77. The molecule has 30 heavy (non-hydrogen) atoms. The number of imide groups is 1. The first-order chi connectivity index (χ1) is 14.4. The summed E-state index contributed by atoms with van der Waals surface area (Å²) < 4.78 is 0. The number of carbonyl (C=O) groups is 3. The van der Waals surface area contributed by atoms with Crippen molar-refractivity contribution in [2.24, 2.45) is 0 Å². The van der Waals surface area contributed by atoms with Crippen LogP contribution in [0.15, 0.2) is 30.5 Å². The maximum Gasteiger partial charge on any atom is 0.329 e. The summed E-state index contributed by atoms with van der Waals surface area (Å²) in [5, 5.41) is 2.26. The molecule has 8 nitrogen and oxygen atoms in total. The molecule has 1 unspecified atom stereocenters. The number of urea groups is 1. The second kappa shape index (κ2) is 6.90. The van der Waals surface area contributed by atoms with E-state index >= 15 is 0 Å². The number of anilines is 1. The van der Waals surface area contributed by atoms with Crippen molar-refractivity contribution in [3.8, 4) is 0 Å². The van der Waals surface area contributed by atoms with E-state index in [1.165, 1.54) is 10.5 Å². The van der Waals surface area contributed by atoms with Gasteiger partial charge < -0.3 is 4.90 Å². The number of rotatable bonds is 2. The summed E-state index contributed by atoms with van der Waals surface area (Å²) in [6.07, 6.45) is 5.88. The second-order valence-electron chi connectivity index (χ2n) is 8.39. The highest BCUT2D eigenvalue weighted by Gasteiger charge is 2.44. The Balaban J connectivity index is 1.35. The van der Waals surface area contributed by atoms with Crippen LogP contribution in [-0.2, 0) is 16.6 Å². The maximum absolute atomic E-state index is 13.2. The van der Waals surface area contributed by atoms with Gasteiger partial charge in [-0.1, -0.05) is 0 Å². The molecule has 2 saturated heterocycles. The third-order valence-corrected chi connectivity index (χ3v) is 6.44. The van der Waals surface area contributed by atoms with E-state index in [2.05, 4.69) is 10.3 Å². The molecule has 8 heteroatoms. The number of amides is 4. The molecule has 0 bridgehead atoms. The maximum atomic E-state index is 13.2. The largest absolute Gasteiger partial charge is 0.338 e. The van der Waals surface area contributed by atoms with Gasteiger partial charge in [0.2, 0.25) is 5.91 Å². The van der Waals surface area contributed by atoms with E-state index in [-0.39, 0.29) is 23.8 Å². The molecule has 2 aliphatic heterocycles. The van der Waals surface area contributed by atoms with Crippen molar-refractivity contribution in [1.82, 2.24) is 20.2 Å². The van der Waals surface area contributed by atoms with E-state index in [0.29, 0.717) is 17.8 Å². The molecule has 1 atom stereocenters. The number of piperidine rings is 1. The van der Waals surface area contributed by atoms with E-state index in [0.717, 1.165) is 43.7 Å². The Morgan fingerprint density at radius 1 is 1.17 bits per heavy atom. The lowest BCUT2D eigenvalue weighted by Gasteiger charge is -2.40. The number of benzene rings is 1. The Morgan fingerprint density at radius 3 is 2.70 bits per heavy atom. The molecule has 1 spiro atoms. The number of nitrogens with zero attached hydrogens (tertiary/aromatic N) is 4. The molecule has 154 valence electrons. The minimum atomic E-state index is -0.436. The molecule has 0 radical (unpaired) electrons. The summed E-state index contributed by atoms with van der Waals surface area (Å²) in [5.74, 6) is 0.440. The molecule has 1 N–H and O–H groups in total. The summed E-state index contributed by atoms with van der Waals surface area (Å²) in [7, 11) is 0. The van der Waals surface area contributed by atoms with Crippen LogP contribution in [0.3, 0.4) is 0 Å². The Morgan fingerprint density at radius 2 is 1.97 bits per heavy atom. The van der Waals surface area contributed by atoms with E-state index in [1.807, 2.05) is 18.0 Å². The number of fused-ring (bicyclic) bond motifs is 2. The summed E-state index contributed by atoms with van der Waals surface area (Å²) >= 11 is 0. The summed E-state index contributed by atoms with van der Waals surface area (Å²) in [4.78, 5) is 48.8. The molecule has 2 aromatic rings. The Bertz CT molecular complexity index is 1050. The fourth-order valence-electron chi connectivity index (χ4n) is 4.95. The zero-order valence-electron chi connectivity index (χ0n) is 16.9. The van der Waals surface area contributed by atoms with Crippen molar-refractivity contribution in [2.45, 2.75) is 38.0 Å². The van der Waals surface area contributed by atoms with Gasteiger partial charge in [-0.15, -0.1) is 0 Å². The van der Waals surface area contributed by atoms with Gasteiger partial charge >= 0.3 is 6.03 Å². The average Bonchev–Trinajstić information content (AvgIpc) is 3.27. The standard InChI is InChI=1S/C22H23N5O3/c1-14-23-11-16-7-9-22(19(16)24-14)8-2-10-26(13-22)20(29)15-3-5-17(6-4-15)27-12-18(28)25-21(27)30/h3-6,11H,2,7-10,12-13H2,1H3,(H,25,28,30). The first-order valence-electron chi connectivity index (χ1n) is 10.3. The van der Waals surface area contributed by atoms with Gasteiger partial charge in [-0.3, -0.25) is 19.8 Å².